The quantitative estimate of drug-likeness (QED) is 0.352. The van der Waals surface area contributed by atoms with Gasteiger partial charge in [0, 0.05) is 5.56 Å². The summed E-state index contributed by atoms with van der Waals surface area (Å²) in [5, 5.41) is 0. The lowest BCUT2D eigenvalue weighted by molar-refractivity contribution is 0.0317. The molecule has 2 heteroatoms. The van der Waals surface area contributed by atoms with Gasteiger partial charge >= 0.3 is 0 Å². The standard InChI is InChI=1S/C30H26N2/c1-22-26-20-12-13-21-27(26)31-28-29(2,23-14-6-3-7-15-23)30(32(22)28,24-16-8-4-9-17-24)25-18-10-5-11-19-25/h3-22H,1-2H3/t22-,29-/m0/s1. The number of rotatable bonds is 3. The highest BCUT2D eigenvalue weighted by molar-refractivity contribution is 6.06. The first-order valence-corrected chi connectivity index (χ1v) is 11.3. The predicted octanol–water partition coefficient (Wildman–Crippen LogP) is 7.01. The average Bonchev–Trinajstić information content (AvgIpc) is 2.86. The van der Waals surface area contributed by atoms with Crippen molar-refractivity contribution < 1.29 is 0 Å². The second-order valence-corrected chi connectivity index (χ2v) is 8.97. The van der Waals surface area contributed by atoms with Gasteiger partial charge < -0.3 is 4.90 Å². The SMILES string of the molecule is C[C@H]1c2ccccc2N=C2N1C(c1ccccc1)(c1ccccc1)[C@@]2(C)c1ccccc1. The third-order valence-electron chi connectivity index (χ3n) is 7.50. The number of hydrogen-bond acceptors (Lipinski definition) is 2. The van der Waals surface area contributed by atoms with Crippen LogP contribution in [0.25, 0.3) is 0 Å². The van der Waals surface area contributed by atoms with E-state index in [-0.39, 0.29) is 17.0 Å². The molecule has 1 fully saturated rings. The second kappa shape index (κ2) is 6.93. The Hall–Kier alpha value is -3.65. The van der Waals surface area contributed by atoms with Crippen molar-refractivity contribution in [3.05, 3.63) is 138 Å². The molecule has 0 radical (unpaired) electrons. The van der Waals surface area contributed by atoms with E-state index in [1.807, 2.05) is 0 Å². The number of amidine groups is 1. The first-order valence-electron chi connectivity index (χ1n) is 11.3. The zero-order valence-corrected chi connectivity index (χ0v) is 18.4. The third-order valence-corrected chi connectivity index (χ3v) is 7.50. The van der Waals surface area contributed by atoms with E-state index in [0.717, 1.165) is 11.5 Å². The molecule has 0 unspecified atom stereocenters. The molecule has 4 aromatic carbocycles. The summed E-state index contributed by atoms with van der Waals surface area (Å²) in [6.07, 6.45) is 0. The number of nitrogens with zero attached hydrogens (tertiary/aromatic N) is 2. The lowest BCUT2D eigenvalue weighted by atomic mass is 9.51. The van der Waals surface area contributed by atoms with Crippen molar-refractivity contribution in [1.82, 2.24) is 4.90 Å². The summed E-state index contributed by atoms with van der Waals surface area (Å²) < 4.78 is 0. The van der Waals surface area contributed by atoms with Crippen molar-refractivity contribution in [2.45, 2.75) is 30.8 Å². The summed E-state index contributed by atoms with van der Waals surface area (Å²) in [6.45, 7) is 4.69. The fraction of sp³-hybridized carbons (Fsp3) is 0.167. The minimum absolute atomic E-state index is 0.205. The Balaban J connectivity index is 1.73. The zero-order valence-electron chi connectivity index (χ0n) is 18.4. The van der Waals surface area contributed by atoms with Crippen LogP contribution in [0.2, 0.25) is 0 Å². The summed E-state index contributed by atoms with van der Waals surface area (Å²) in [6, 6.07) is 41.6. The normalized spacial score (nSPS) is 22.9. The van der Waals surface area contributed by atoms with E-state index in [1.165, 1.54) is 22.3 Å². The van der Waals surface area contributed by atoms with Gasteiger partial charge in [0.15, 0.2) is 0 Å². The van der Waals surface area contributed by atoms with Gasteiger partial charge in [-0.2, -0.15) is 0 Å². The van der Waals surface area contributed by atoms with Crippen molar-refractivity contribution in [2.24, 2.45) is 4.99 Å². The van der Waals surface area contributed by atoms with Gasteiger partial charge in [0.05, 0.1) is 17.1 Å². The Kier molecular flexibility index (Phi) is 4.13. The largest absolute Gasteiger partial charge is 0.337 e. The van der Waals surface area contributed by atoms with E-state index in [9.17, 15) is 0 Å². The lowest BCUT2D eigenvalue weighted by Crippen LogP contribution is -2.78. The molecule has 0 amide bonds. The smallest absolute Gasteiger partial charge is 0.120 e. The van der Waals surface area contributed by atoms with E-state index >= 15 is 0 Å². The Bertz CT molecular complexity index is 1260. The van der Waals surface area contributed by atoms with Gasteiger partial charge in [-0.25, -0.2) is 4.99 Å². The van der Waals surface area contributed by atoms with Crippen LogP contribution in [0.5, 0.6) is 0 Å². The molecule has 32 heavy (non-hydrogen) atoms. The lowest BCUT2D eigenvalue weighted by Gasteiger charge is -2.70. The predicted molar refractivity (Wildman–Crippen MR) is 131 cm³/mol. The van der Waals surface area contributed by atoms with E-state index < -0.39 is 0 Å². The zero-order chi connectivity index (χ0) is 21.8. The highest BCUT2D eigenvalue weighted by Gasteiger charge is 2.70. The van der Waals surface area contributed by atoms with Crippen molar-refractivity contribution >= 4 is 11.5 Å². The maximum absolute atomic E-state index is 5.28. The molecule has 4 aromatic rings. The number of aliphatic imine (C=N–C) groups is 1. The molecule has 0 bridgehead atoms. The molecule has 6 rings (SSSR count). The van der Waals surface area contributed by atoms with Crippen LogP contribution in [0.3, 0.4) is 0 Å². The van der Waals surface area contributed by atoms with Crippen LogP contribution in [0.15, 0.2) is 120 Å². The second-order valence-electron chi connectivity index (χ2n) is 8.97. The molecule has 1 saturated heterocycles. The molecule has 0 N–H and O–H groups in total. The summed E-state index contributed by atoms with van der Waals surface area (Å²) in [5.41, 5.74) is 5.55. The molecule has 2 aliphatic rings. The van der Waals surface area contributed by atoms with Crippen LogP contribution in [-0.4, -0.2) is 10.7 Å². The van der Waals surface area contributed by atoms with Gasteiger partial charge in [-0.05, 0) is 36.6 Å². The Morgan fingerprint density at radius 2 is 1.09 bits per heavy atom. The molecule has 0 saturated carbocycles. The molecule has 2 heterocycles. The Morgan fingerprint density at radius 3 is 1.66 bits per heavy atom. The minimum Gasteiger partial charge on any atom is -0.337 e. The topological polar surface area (TPSA) is 15.6 Å². The van der Waals surface area contributed by atoms with Crippen molar-refractivity contribution in [2.75, 3.05) is 0 Å². The Morgan fingerprint density at radius 1 is 0.625 bits per heavy atom. The number of hydrogen-bond donors (Lipinski definition) is 0. The maximum Gasteiger partial charge on any atom is 0.120 e. The van der Waals surface area contributed by atoms with Gasteiger partial charge in [0.2, 0.25) is 0 Å². The van der Waals surface area contributed by atoms with Gasteiger partial charge in [-0.15, -0.1) is 0 Å². The highest BCUT2D eigenvalue weighted by atomic mass is 15.4. The molecule has 0 aromatic heterocycles. The van der Waals surface area contributed by atoms with E-state index in [4.69, 9.17) is 4.99 Å². The van der Waals surface area contributed by atoms with Crippen molar-refractivity contribution in [1.29, 1.82) is 0 Å². The summed E-state index contributed by atoms with van der Waals surface area (Å²) in [4.78, 5) is 7.84. The molecule has 2 atom stereocenters. The van der Waals surface area contributed by atoms with E-state index in [2.05, 4.69) is 134 Å². The first-order chi connectivity index (χ1) is 15.7. The minimum atomic E-state index is -0.372. The van der Waals surface area contributed by atoms with Gasteiger partial charge in [-0.1, -0.05) is 109 Å². The molecule has 0 aliphatic carbocycles. The van der Waals surface area contributed by atoms with Gasteiger partial charge in [-0.3, -0.25) is 0 Å². The summed E-state index contributed by atoms with van der Waals surface area (Å²) >= 11 is 0. The van der Waals surface area contributed by atoms with Crippen LogP contribution < -0.4 is 0 Å². The molecular weight excluding hydrogens is 388 g/mol. The average molecular weight is 415 g/mol. The first kappa shape index (κ1) is 19.1. The molecule has 2 nitrogen and oxygen atoms in total. The van der Waals surface area contributed by atoms with Crippen LogP contribution in [0.1, 0.15) is 42.1 Å². The van der Waals surface area contributed by atoms with Crippen molar-refractivity contribution in [3.8, 4) is 0 Å². The van der Waals surface area contributed by atoms with Gasteiger partial charge in [0.25, 0.3) is 0 Å². The van der Waals surface area contributed by atoms with Crippen molar-refractivity contribution in [3.63, 3.8) is 0 Å². The highest BCUT2D eigenvalue weighted by Crippen LogP contribution is 2.65. The summed E-state index contributed by atoms with van der Waals surface area (Å²) in [7, 11) is 0. The number of benzene rings is 4. The van der Waals surface area contributed by atoms with Crippen LogP contribution in [-0.2, 0) is 11.0 Å². The fourth-order valence-corrected chi connectivity index (χ4v) is 6.08. The molecule has 2 aliphatic heterocycles. The monoisotopic (exact) mass is 414 g/mol. The van der Waals surface area contributed by atoms with Crippen LogP contribution in [0, 0.1) is 0 Å². The number of para-hydroxylation sites is 1. The van der Waals surface area contributed by atoms with E-state index in [0.29, 0.717) is 0 Å². The van der Waals surface area contributed by atoms with E-state index in [1.54, 1.807) is 0 Å². The summed E-state index contributed by atoms with van der Waals surface area (Å²) in [5.74, 6) is 1.14. The molecule has 0 spiro atoms. The molecular formula is C30H26N2. The third kappa shape index (κ3) is 2.27. The molecule has 156 valence electrons. The maximum atomic E-state index is 5.28. The number of fused-ring (bicyclic) bond motifs is 2. The Labute approximate surface area is 189 Å². The van der Waals surface area contributed by atoms with Crippen LogP contribution >= 0.6 is 0 Å². The van der Waals surface area contributed by atoms with Crippen LogP contribution in [0.4, 0.5) is 5.69 Å². The fourth-order valence-electron chi connectivity index (χ4n) is 6.08. The van der Waals surface area contributed by atoms with Gasteiger partial charge in [0.1, 0.15) is 11.4 Å².